The van der Waals surface area contributed by atoms with E-state index in [0.717, 1.165) is 43.5 Å². The van der Waals surface area contributed by atoms with Gasteiger partial charge < -0.3 is 9.47 Å². The summed E-state index contributed by atoms with van der Waals surface area (Å²) in [6.07, 6.45) is 7.48. The van der Waals surface area contributed by atoms with Crippen molar-refractivity contribution in [3.05, 3.63) is 43.0 Å². The Labute approximate surface area is 146 Å². The number of amides is 1. The predicted octanol–water partition coefficient (Wildman–Crippen LogP) is 2.13. The van der Waals surface area contributed by atoms with Crippen molar-refractivity contribution in [2.24, 2.45) is 5.92 Å². The molecule has 1 amide bonds. The average molecular weight is 338 g/mol. The Bertz CT molecular complexity index is 855. The summed E-state index contributed by atoms with van der Waals surface area (Å²) >= 11 is 0. The van der Waals surface area contributed by atoms with Crippen LogP contribution in [0.15, 0.2) is 43.0 Å². The molecule has 1 aromatic carbocycles. The normalized spacial score (nSPS) is 19.2. The number of hydrogen-bond donors (Lipinski definition) is 0. The van der Waals surface area contributed by atoms with Gasteiger partial charge in [-0.3, -0.25) is 9.48 Å². The number of imidazole rings is 1. The van der Waals surface area contributed by atoms with Crippen LogP contribution in [0.25, 0.3) is 11.0 Å². The first-order valence-corrected chi connectivity index (χ1v) is 8.77. The second-order valence-electron chi connectivity index (χ2n) is 6.73. The molecule has 1 aliphatic heterocycles. The first kappa shape index (κ1) is 15.8. The molecular weight excluding hydrogens is 316 g/mol. The van der Waals surface area contributed by atoms with Crippen LogP contribution in [0, 0.1) is 5.92 Å². The largest absolute Gasteiger partial charge is 0.341 e. The maximum absolute atomic E-state index is 13.0. The highest BCUT2D eigenvalue weighted by molar-refractivity contribution is 5.83. The summed E-state index contributed by atoms with van der Waals surface area (Å²) in [5.74, 6) is 0.581. The third-order valence-corrected chi connectivity index (χ3v) is 5.00. The Kier molecular flexibility index (Phi) is 4.21. The lowest BCUT2D eigenvalue weighted by molar-refractivity contribution is -0.136. The lowest BCUT2D eigenvalue weighted by Gasteiger charge is -2.34. The van der Waals surface area contributed by atoms with Crippen molar-refractivity contribution in [3.63, 3.8) is 0 Å². The maximum Gasteiger partial charge on any atom is 0.245 e. The molecule has 0 aliphatic carbocycles. The number of rotatable bonds is 4. The number of carbonyl (C=O) groups is 1. The third-order valence-electron chi connectivity index (χ3n) is 5.00. The van der Waals surface area contributed by atoms with E-state index in [2.05, 4.69) is 15.3 Å². The van der Waals surface area contributed by atoms with Crippen molar-refractivity contribution in [3.8, 4) is 0 Å². The van der Waals surface area contributed by atoms with Crippen molar-refractivity contribution in [2.75, 3.05) is 13.1 Å². The van der Waals surface area contributed by atoms with Gasteiger partial charge >= 0.3 is 0 Å². The van der Waals surface area contributed by atoms with Gasteiger partial charge in [-0.1, -0.05) is 17.3 Å². The molecule has 0 radical (unpaired) electrons. The van der Waals surface area contributed by atoms with E-state index >= 15 is 0 Å². The Balaban J connectivity index is 1.47. The van der Waals surface area contributed by atoms with Crippen LogP contribution in [0.4, 0.5) is 0 Å². The van der Waals surface area contributed by atoms with Gasteiger partial charge in [0.1, 0.15) is 6.04 Å². The van der Waals surface area contributed by atoms with E-state index < -0.39 is 0 Å². The van der Waals surface area contributed by atoms with E-state index in [-0.39, 0.29) is 11.9 Å². The second kappa shape index (κ2) is 6.66. The molecule has 0 bridgehead atoms. The van der Waals surface area contributed by atoms with Crippen LogP contribution in [0.2, 0.25) is 0 Å². The van der Waals surface area contributed by atoms with Gasteiger partial charge in [0.15, 0.2) is 0 Å². The minimum absolute atomic E-state index is 0.159. The van der Waals surface area contributed by atoms with Crippen LogP contribution in [0.1, 0.15) is 25.8 Å². The molecule has 0 N–H and O–H groups in total. The van der Waals surface area contributed by atoms with E-state index in [1.807, 2.05) is 51.5 Å². The fraction of sp³-hybridized carbons (Fsp3) is 0.444. The van der Waals surface area contributed by atoms with Gasteiger partial charge in [0.25, 0.3) is 0 Å². The molecule has 2 atom stereocenters. The van der Waals surface area contributed by atoms with Gasteiger partial charge in [0, 0.05) is 25.8 Å². The number of fused-ring (bicyclic) bond motifs is 1. The molecule has 7 heteroatoms. The van der Waals surface area contributed by atoms with Crippen molar-refractivity contribution >= 4 is 16.9 Å². The summed E-state index contributed by atoms with van der Waals surface area (Å²) in [4.78, 5) is 19.4. The fourth-order valence-electron chi connectivity index (χ4n) is 3.68. The zero-order valence-electron chi connectivity index (χ0n) is 14.3. The van der Waals surface area contributed by atoms with Crippen LogP contribution in [0.3, 0.4) is 0 Å². The zero-order valence-corrected chi connectivity index (χ0v) is 14.3. The van der Waals surface area contributed by atoms with Gasteiger partial charge in [-0.05, 0) is 37.8 Å². The lowest BCUT2D eigenvalue weighted by atomic mass is 9.97. The van der Waals surface area contributed by atoms with E-state index in [1.165, 1.54) is 0 Å². The smallest absolute Gasteiger partial charge is 0.245 e. The van der Waals surface area contributed by atoms with E-state index in [0.29, 0.717) is 5.92 Å². The van der Waals surface area contributed by atoms with Gasteiger partial charge in [-0.2, -0.15) is 0 Å². The SMILES string of the molecule is CC(C(=O)N1CCCC(Cn2ccnn2)C1)n1cnc2ccccc21. The number of carbonyl (C=O) groups excluding carboxylic acids is 1. The number of benzene rings is 1. The maximum atomic E-state index is 13.0. The Morgan fingerprint density at radius 1 is 1.36 bits per heavy atom. The molecule has 4 rings (SSSR count). The van der Waals surface area contributed by atoms with Gasteiger partial charge in [-0.15, -0.1) is 5.10 Å². The molecule has 0 spiro atoms. The summed E-state index contributed by atoms with van der Waals surface area (Å²) in [6.45, 7) is 4.36. The summed E-state index contributed by atoms with van der Waals surface area (Å²) in [6, 6.07) is 7.67. The monoisotopic (exact) mass is 338 g/mol. The van der Waals surface area contributed by atoms with Crippen molar-refractivity contribution in [1.82, 2.24) is 29.4 Å². The molecule has 3 aromatic rings. The number of hydrogen-bond acceptors (Lipinski definition) is 4. The molecule has 1 fully saturated rings. The minimum Gasteiger partial charge on any atom is -0.341 e. The Morgan fingerprint density at radius 2 is 2.24 bits per heavy atom. The number of piperidine rings is 1. The quantitative estimate of drug-likeness (QED) is 0.731. The first-order valence-electron chi connectivity index (χ1n) is 8.77. The molecule has 130 valence electrons. The fourth-order valence-corrected chi connectivity index (χ4v) is 3.68. The standard InChI is InChI=1S/C18H22N6O/c1-14(24-13-19-16-6-2-3-7-17(16)24)18(25)22-9-4-5-15(11-22)12-23-10-8-20-21-23/h2-3,6-8,10,13-15H,4-5,9,11-12H2,1H3. The lowest BCUT2D eigenvalue weighted by Crippen LogP contribution is -2.43. The summed E-state index contributed by atoms with van der Waals surface area (Å²) in [5.41, 5.74) is 1.92. The molecule has 7 nitrogen and oxygen atoms in total. The summed E-state index contributed by atoms with van der Waals surface area (Å²) in [7, 11) is 0. The summed E-state index contributed by atoms with van der Waals surface area (Å²) in [5, 5.41) is 7.90. The predicted molar refractivity (Wildman–Crippen MR) is 93.8 cm³/mol. The zero-order chi connectivity index (χ0) is 17.2. The minimum atomic E-state index is -0.252. The first-order chi connectivity index (χ1) is 12.2. The third kappa shape index (κ3) is 3.14. The van der Waals surface area contributed by atoms with Crippen LogP contribution >= 0.6 is 0 Å². The van der Waals surface area contributed by atoms with Crippen LogP contribution < -0.4 is 0 Å². The Hall–Kier alpha value is -2.70. The summed E-state index contributed by atoms with van der Waals surface area (Å²) < 4.78 is 3.82. The molecular formula is C18H22N6O. The molecule has 2 unspecified atom stereocenters. The van der Waals surface area contributed by atoms with E-state index in [1.54, 1.807) is 12.5 Å². The molecule has 0 saturated carbocycles. The van der Waals surface area contributed by atoms with E-state index in [9.17, 15) is 4.79 Å². The van der Waals surface area contributed by atoms with Crippen LogP contribution in [-0.4, -0.2) is 48.4 Å². The molecule has 1 aliphatic rings. The van der Waals surface area contributed by atoms with E-state index in [4.69, 9.17) is 0 Å². The van der Waals surface area contributed by atoms with Gasteiger partial charge in [-0.25, -0.2) is 4.98 Å². The number of para-hydroxylation sites is 2. The van der Waals surface area contributed by atoms with Crippen LogP contribution in [0.5, 0.6) is 0 Å². The van der Waals surface area contributed by atoms with Crippen molar-refractivity contribution in [2.45, 2.75) is 32.4 Å². The Morgan fingerprint density at radius 3 is 3.08 bits per heavy atom. The van der Waals surface area contributed by atoms with Crippen molar-refractivity contribution < 1.29 is 4.79 Å². The van der Waals surface area contributed by atoms with Gasteiger partial charge in [0.05, 0.1) is 23.6 Å². The number of nitrogens with zero attached hydrogens (tertiary/aromatic N) is 6. The highest BCUT2D eigenvalue weighted by atomic mass is 16.2. The molecule has 3 heterocycles. The van der Waals surface area contributed by atoms with Crippen LogP contribution in [-0.2, 0) is 11.3 Å². The molecule has 1 saturated heterocycles. The molecule has 2 aromatic heterocycles. The molecule has 25 heavy (non-hydrogen) atoms. The van der Waals surface area contributed by atoms with Crippen molar-refractivity contribution in [1.29, 1.82) is 0 Å². The number of likely N-dealkylation sites (tertiary alicyclic amines) is 1. The highest BCUT2D eigenvalue weighted by Gasteiger charge is 2.28. The average Bonchev–Trinajstić information content (AvgIpc) is 3.30. The van der Waals surface area contributed by atoms with Gasteiger partial charge in [0.2, 0.25) is 5.91 Å². The topological polar surface area (TPSA) is 68.8 Å². The highest BCUT2D eigenvalue weighted by Crippen LogP contribution is 2.23. The number of aromatic nitrogens is 5. The second-order valence-corrected chi connectivity index (χ2v) is 6.73.